The molecule has 1 aromatic carbocycles. The van der Waals surface area contributed by atoms with Gasteiger partial charge >= 0.3 is 0 Å². The van der Waals surface area contributed by atoms with Gasteiger partial charge in [0.15, 0.2) is 0 Å². The van der Waals surface area contributed by atoms with Crippen LogP contribution in [0, 0.1) is 31.1 Å². The van der Waals surface area contributed by atoms with Crippen LogP contribution in [0.3, 0.4) is 0 Å². The third-order valence-electron chi connectivity index (χ3n) is 4.24. The van der Waals surface area contributed by atoms with Crippen LogP contribution in [-0.4, -0.2) is 15.7 Å². The summed E-state index contributed by atoms with van der Waals surface area (Å²) >= 11 is 0. The summed E-state index contributed by atoms with van der Waals surface area (Å²) < 4.78 is 2.05. The van der Waals surface area contributed by atoms with Crippen molar-refractivity contribution in [2.75, 3.05) is 0 Å². The molecule has 2 rings (SSSR count). The van der Waals surface area contributed by atoms with Crippen molar-refractivity contribution in [3.8, 4) is 6.07 Å². The van der Waals surface area contributed by atoms with Gasteiger partial charge in [0.25, 0.3) is 0 Å². The highest BCUT2D eigenvalue weighted by Gasteiger charge is 2.13. The van der Waals surface area contributed by atoms with Crippen molar-refractivity contribution in [1.82, 2.24) is 15.1 Å². The minimum absolute atomic E-state index is 0.0276. The molecule has 0 unspecified atom stereocenters. The molecule has 0 fully saturated rings. The van der Waals surface area contributed by atoms with E-state index >= 15 is 0 Å². The fourth-order valence-electron chi connectivity index (χ4n) is 2.84. The first kappa shape index (κ1) is 18.7. The van der Waals surface area contributed by atoms with E-state index in [1.807, 2.05) is 23.7 Å². The number of nitrogens with zero attached hydrogens (tertiary/aromatic N) is 3. The first-order valence-electron chi connectivity index (χ1n) is 8.69. The van der Waals surface area contributed by atoms with Crippen molar-refractivity contribution >= 4 is 5.91 Å². The number of hydrogen-bond acceptors (Lipinski definition) is 3. The Bertz CT molecular complexity index is 766. The molecule has 0 aliphatic rings. The molecule has 5 nitrogen and oxygen atoms in total. The Morgan fingerprint density at radius 1 is 1.28 bits per heavy atom. The van der Waals surface area contributed by atoms with Crippen LogP contribution >= 0.6 is 0 Å². The number of carbonyl (C=O) groups excluding carboxylic acids is 1. The second kappa shape index (κ2) is 8.48. The van der Waals surface area contributed by atoms with Crippen LogP contribution in [0.25, 0.3) is 0 Å². The number of aryl methyl sites for hydroxylation is 1. The molecule has 2 aromatic rings. The Morgan fingerprint density at radius 2 is 1.96 bits per heavy atom. The minimum Gasteiger partial charge on any atom is -0.352 e. The molecule has 0 saturated carbocycles. The fourth-order valence-corrected chi connectivity index (χ4v) is 2.84. The maximum Gasteiger partial charge on any atom is 0.220 e. The van der Waals surface area contributed by atoms with Crippen molar-refractivity contribution in [3.05, 3.63) is 52.3 Å². The first-order valence-corrected chi connectivity index (χ1v) is 8.69. The van der Waals surface area contributed by atoms with Gasteiger partial charge in [0.1, 0.15) is 0 Å². The highest BCUT2D eigenvalue weighted by molar-refractivity contribution is 5.76. The molecule has 0 bridgehead atoms. The lowest BCUT2D eigenvalue weighted by atomic mass is 10.1. The molecule has 0 aliphatic heterocycles. The summed E-state index contributed by atoms with van der Waals surface area (Å²) in [5.74, 6) is 0.571. The van der Waals surface area contributed by atoms with Crippen LogP contribution in [0.1, 0.15) is 48.3 Å². The summed E-state index contributed by atoms with van der Waals surface area (Å²) in [4.78, 5) is 12.1. The van der Waals surface area contributed by atoms with Crippen LogP contribution in [-0.2, 0) is 24.3 Å². The number of nitrogens with one attached hydrogen (secondary N) is 1. The number of amides is 1. The summed E-state index contributed by atoms with van der Waals surface area (Å²) in [6.07, 6.45) is 1.15. The van der Waals surface area contributed by atoms with E-state index in [0.717, 1.165) is 23.5 Å². The van der Waals surface area contributed by atoms with Gasteiger partial charge in [-0.15, -0.1) is 0 Å². The van der Waals surface area contributed by atoms with Crippen LogP contribution in [0.15, 0.2) is 24.3 Å². The molecule has 0 atom stereocenters. The van der Waals surface area contributed by atoms with E-state index in [2.05, 4.69) is 37.3 Å². The molecule has 0 aliphatic carbocycles. The number of hydrogen-bond donors (Lipinski definition) is 1. The summed E-state index contributed by atoms with van der Waals surface area (Å²) in [7, 11) is 0. The van der Waals surface area contributed by atoms with Crippen molar-refractivity contribution in [2.24, 2.45) is 5.92 Å². The van der Waals surface area contributed by atoms with Gasteiger partial charge in [-0.1, -0.05) is 26.0 Å². The van der Waals surface area contributed by atoms with Gasteiger partial charge in [0.05, 0.1) is 17.3 Å². The quantitative estimate of drug-likeness (QED) is 0.842. The Morgan fingerprint density at radius 3 is 2.56 bits per heavy atom. The highest BCUT2D eigenvalue weighted by atomic mass is 16.1. The van der Waals surface area contributed by atoms with E-state index in [4.69, 9.17) is 5.26 Å². The predicted molar refractivity (Wildman–Crippen MR) is 97.9 cm³/mol. The molecular formula is C20H26N4O. The maximum atomic E-state index is 12.1. The van der Waals surface area contributed by atoms with Crippen molar-refractivity contribution in [2.45, 2.75) is 53.6 Å². The second-order valence-corrected chi connectivity index (χ2v) is 6.81. The van der Waals surface area contributed by atoms with Crippen LogP contribution in [0.5, 0.6) is 0 Å². The number of nitriles is 1. The first-order chi connectivity index (χ1) is 11.9. The van der Waals surface area contributed by atoms with E-state index in [9.17, 15) is 4.79 Å². The van der Waals surface area contributed by atoms with Crippen LogP contribution in [0.4, 0.5) is 0 Å². The molecular weight excluding hydrogens is 312 g/mol. The van der Waals surface area contributed by atoms with Crippen molar-refractivity contribution in [3.63, 3.8) is 0 Å². The standard InChI is InChI=1S/C20H26N4O/c1-14(2)13-24-16(4)19(15(3)23-24)9-10-20(25)22-12-18-7-5-17(11-21)6-8-18/h5-8,14H,9-10,12-13H2,1-4H3,(H,22,25). The predicted octanol–water partition coefficient (Wildman–Crippen LogP) is 3.28. The van der Waals surface area contributed by atoms with E-state index in [1.54, 1.807) is 12.1 Å². The summed E-state index contributed by atoms with van der Waals surface area (Å²) in [5, 5.41) is 16.3. The molecule has 5 heteroatoms. The topological polar surface area (TPSA) is 70.7 Å². The Balaban J connectivity index is 1.87. The zero-order valence-electron chi connectivity index (χ0n) is 15.5. The molecule has 132 valence electrons. The smallest absolute Gasteiger partial charge is 0.220 e. The lowest BCUT2D eigenvalue weighted by molar-refractivity contribution is -0.121. The molecule has 1 N–H and O–H groups in total. The van der Waals surface area contributed by atoms with Gasteiger partial charge in [0, 0.05) is 25.2 Å². The van der Waals surface area contributed by atoms with Crippen molar-refractivity contribution < 1.29 is 4.79 Å². The summed E-state index contributed by atoms with van der Waals surface area (Å²) in [6.45, 7) is 9.81. The molecule has 1 heterocycles. The average Bonchev–Trinajstić information content (AvgIpc) is 2.84. The zero-order chi connectivity index (χ0) is 18.4. The summed E-state index contributed by atoms with van der Waals surface area (Å²) in [5.41, 5.74) is 4.96. The van der Waals surface area contributed by atoms with E-state index < -0.39 is 0 Å². The number of benzene rings is 1. The molecule has 0 spiro atoms. The molecule has 1 aromatic heterocycles. The van der Waals surface area contributed by atoms with E-state index in [1.165, 1.54) is 5.56 Å². The van der Waals surface area contributed by atoms with Crippen molar-refractivity contribution in [1.29, 1.82) is 5.26 Å². The normalized spacial score (nSPS) is 10.7. The third-order valence-corrected chi connectivity index (χ3v) is 4.24. The van der Waals surface area contributed by atoms with Gasteiger partial charge in [-0.25, -0.2) is 0 Å². The zero-order valence-corrected chi connectivity index (χ0v) is 15.5. The van der Waals surface area contributed by atoms with Crippen LogP contribution in [0.2, 0.25) is 0 Å². The largest absolute Gasteiger partial charge is 0.352 e. The van der Waals surface area contributed by atoms with Crippen LogP contribution < -0.4 is 5.32 Å². The molecule has 25 heavy (non-hydrogen) atoms. The number of aromatic nitrogens is 2. The van der Waals surface area contributed by atoms with Gasteiger partial charge < -0.3 is 5.32 Å². The maximum absolute atomic E-state index is 12.1. The lowest BCUT2D eigenvalue weighted by Gasteiger charge is -2.08. The molecule has 1 amide bonds. The Kier molecular flexibility index (Phi) is 6.35. The minimum atomic E-state index is 0.0276. The average molecular weight is 338 g/mol. The summed E-state index contributed by atoms with van der Waals surface area (Å²) in [6, 6.07) is 9.34. The van der Waals surface area contributed by atoms with Gasteiger partial charge in [-0.2, -0.15) is 10.4 Å². The monoisotopic (exact) mass is 338 g/mol. The number of rotatable bonds is 7. The second-order valence-electron chi connectivity index (χ2n) is 6.81. The van der Waals surface area contributed by atoms with E-state index in [0.29, 0.717) is 30.9 Å². The SMILES string of the molecule is Cc1nn(CC(C)C)c(C)c1CCC(=O)NCc1ccc(C#N)cc1. The van der Waals surface area contributed by atoms with Gasteiger partial charge in [0.2, 0.25) is 5.91 Å². The molecule has 0 saturated heterocycles. The lowest BCUT2D eigenvalue weighted by Crippen LogP contribution is -2.23. The van der Waals surface area contributed by atoms with Gasteiger partial charge in [-0.05, 0) is 49.4 Å². The Hall–Kier alpha value is -2.61. The number of carbonyl (C=O) groups is 1. The third kappa shape index (κ3) is 5.18. The van der Waals surface area contributed by atoms with E-state index in [-0.39, 0.29) is 5.91 Å². The molecule has 0 radical (unpaired) electrons. The Labute approximate surface area is 149 Å². The fraction of sp³-hybridized carbons (Fsp3) is 0.450. The highest BCUT2D eigenvalue weighted by Crippen LogP contribution is 2.16. The van der Waals surface area contributed by atoms with Gasteiger partial charge in [-0.3, -0.25) is 9.48 Å².